The van der Waals surface area contributed by atoms with Crippen LogP contribution in [0.25, 0.3) is 0 Å². The van der Waals surface area contributed by atoms with Crippen molar-refractivity contribution in [2.24, 2.45) is 5.41 Å². The summed E-state index contributed by atoms with van der Waals surface area (Å²) in [7, 11) is 0. The van der Waals surface area contributed by atoms with Gasteiger partial charge < -0.3 is 5.32 Å². The molecule has 5 heteroatoms. The monoisotopic (exact) mass is 230 g/mol. The molecule has 16 heavy (non-hydrogen) atoms. The summed E-state index contributed by atoms with van der Waals surface area (Å²) in [6.07, 6.45) is 1.28. The van der Waals surface area contributed by atoms with E-state index in [0.717, 1.165) is 0 Å². The molecule has 0 spiro atoms. The Morgan fingerprint density at radius 1 is 1.62 bits per heavy atom. The van der Waals surface area contributed by atoms with Crippen molar-refractivity contribution >= 4 is 11.8 Å². The highest BCUT2D eigenvalue weighted by molar-refractivity contribution is 5.89. The molecular weight excluding hydrogens is 208 g/mol. The summed E-state index contributed by atoms with van der Waals surface area (Å²) in [5.41, 5.74) is 0.909. The first-order chi connectivity index (χ1) is 7.54. The van der Waals surface area contributed by atoms with Gasteiger partial charge in [0.25, 0.3) is 0 Å². The summed E-state index contributed by atoms with van der Waals surface area (Å²) in [4.78, 5) is 22.8. The van der Waals surface area contributed by atoms with Crippen molar-refractivity contribution < 1.29 is 14.8 Å². The number of hydroxylamine groups is 1. The van der Waals surface area contributed by atoms with E-state index < -0.39 is 11.3 Å². The van der Waals surface area contributed by atoms with Crippen LogP contribution in [-0.4, -0.2) is 23.1 Å². The van der Waals surface area contributed by atoms with Gasteiger partial charge in [-0.3, -0.25) is 14.8 Å². The number of piperidine rings is 1. The second-order valence-corrected chi connectivity index (χ2v) is 3.92. The van der Waals surface area contributed by atoms with Crippen LogP contribution in [0.3, 0.4) is 0 Å². The number of hydrogen-bond donors (Lipinski definition) is 3. The number of carbonyl (C=O) groups excluding carboxylic acids is 2. The number of nitrogens with one attached hydrogen (secondary N) is 2. The van der Waals surface area contributed by atoms with E-state index in [2.05, 4.69) is 5.32 Å². The fourth-order valence-corrected chi connectivity index (χ4v) is 2.06. The van der Waals surface area contributed by atoms with E-state index in [1.165, 1.54) is 0 Å². The molecule has 5 nitrogen and oxygen atoms in total. The molecule has 2 amide bonds. The molecule has 0 aromatic rings. The molecule has 1 heterocycles. The first-order valence-electron chi connectivity index (χ1n) is 5.78. The minimum absolute atomic E-state index is 0.0199. The number of carbonyl (C=O) groups is 2. The normalized spacial score (nSPS) is 28.6. The van der Waals surface area contributed by atoms with Crippen molar-refractivity contribution in [1.29, 1.82) is 0 Å². The Morgan fingerprint density at radius 3 is 2.56 bits per heavy atom. The lowest BCUT2D eigenvalue weighted by Crippen LogP contribution is -2.52. The van der Waals surface area contributed by atoms with Crippen molar-refractivity contribution in [2.45, 2.75) is 53.0 Å². The van der Waals surface area contributed by atoms with Crippen LogP contribution in [0.2, 0.25) is 0 Å². The minimum atomic E-state index is -0.740. The van der Waals surface area contributed by atoms with Crippen LogP contribution in [0.5, 0.6) is 0 Å². The van der Waals surface area contributed by atoms with Crippen LogP contribution >= 0.6 is 0 Å². The largest absolute Gasteiger partial charge is 0.354 e. The summed E-state index contributed by atoms with van der Waals surface area (Å²) in [6.45, 7) is 7.70. The zero-order valence-corrected chi connectivity index (χ0v) is 10.5. The highest BCUT2D eigenvalue weighted by Gasteiger charge is 2.43. The first-order valence-corrected chi connectivity index (χ1v) is 5.78. The predicted octanol–water partition coefficient (Wildman–Crippen LogP) is 1.21. The smallest absolute Gasteiger partial charge is 0.250 e. The van der Waals surface area contributed by atoms with Crippen LogP contribution in [0, 0.1) is 5.41 Å². The van der Waals surface area contributed by atoms with Crippen LogP contribution in [0.4, 0.5) is 0 Å². The van der Waals surface area contributed by atoms with E-state index in [1.54, 1.807) is 5.48 Å². The van der Waals surface area contributed by atoms with Gasteiger partial charge in [0.1, 0.15) is 0 Å². The van der Waals surface area contributed by atoms with E-state index >= 15 is 0 Å². The van der Waals surface area contributed by atoms with Crippen molar-refractivity contribution in [1.82, 2.24) is 10.8 Å². The molecule has 94 valence electrons. The number of amides is 2. The number of rotatable bonds is 2. The Balaban J connectivity index is 0.00000106. The Labute approximate surface area is 96.6 Å². The lowest BCUT2D eigenvalue weighted by molar-refractivity contribution is -0.147. The fourth-order valence-electron chi connectivity index (χ4n) is 2.06. The van der Waals surface area contributed by atoms with E-state index in [-0.39, 0.29) is 18.4 Å². The molecule has 1 fully saturated rings. The summed E-state index contributed by atoms with van der Waals surface area (Å²) < 4.78 is 0. The van der Waals surface area contributed by atoms with Crippen molar-refractivity contribution in [3.05, 3.63) is 0 Å². The maximum absolute atomic E-state index is 11.5. The average molecular weight is 230 g/mol. The molecule has 0 aliphatic carbocycles. The SMILES string of the molecule is CC.CCC1(C(=O)NO)CC(=O)N[C@@H](C)C1. The van der Waals surface area contributed by atoms with Crippen molar-refractivity contribution in [2.75, 3.05) is 0 Å². The van der Waals surface area contributed by atoms with Gasteiger partial charge in [-0.15, -0.1) is 0 Å². The summed E-state index contributed by atoms with van der Waals surface area (Å²) >= 11 is 0. The van der Waals surface area contributed by atoms with Crippen LogP contribution in [0.15, 0.2) is 0 Å². The third kappa shape index (κ3) is 3.20. The van der Waals surface area contributed by atoms with Gasteiger partial charge in [-0.1, -0.05) is 20.8 Å². The molecule has 1 aliphatic rings. The molecule has 1 saturated heterocycles. The van der Waals surface area contributed by atoms with Gasteiger partial charge in [0.05, 0.1) is 5.41 Å². The van der Waals surface area contributed by atoms with Crippen molar-refractivity contribution in [3.63, 3.8) is 0 Å². The van der Waals surface area contributed by atoms with Crippen LogP contribution in [-0.2, 0) is 9.59 Å². The summed E-state index contributed by atoms with van der Waals surface area (Å²) in [5, 5.41) is 11.4. The molecule has 3 N–H and O–H groups in total. The Morgan fingerprint density at radius 2 is 2.19 bits per heavy atom. The zero-order chi connectivity index (χ0) is 12.8. The lowest BCUT2D eigenvalue weighted by Gasteiger charge is -2.36. The Kier molecular flexibility index (Phi) is 6.03. The van der Waals surface area contributed by atoms with E-state index in [1.807, 2.05) is 27.7 Å². The quantitative estimate of drug-likeness (QED) is 0.493. The van der Waals surface area contributed by atoms with Gasteiger partial charge >= 0.3 is 0 Å². The lowest BCUT2D eigenvalue weighted by atomic mass is 9.73. The Hall–Kier alpha value is -1.10. The standard InChI is InChI=1S/C9H16N2O3.C2H6/c1-3-9(8(13)11-14)4-6(2)10-7(12)5-9;1-2/h6,14H,3-5H2,1-2H3,(H,10,12)(H,11,13);1-2H3/t6-,9?;/m0./s1. The molecule has 0 aromatic heterocycles. The molecule has 1 aliphatic heterocycles. The first kappa shape index (κ1) is 14.9. The molecule has 1 rings (SSSR count). The van der Waals surface area contributed by atoms with Gasteiger partial charge in [0.2, 0.25) is 11.8 Å². The number of hydrogen-bond acceptors (Lipinski definition) is 3. The van der Waals surface area contributed by atoms with Crippen molar-refractivity contribution in [3.8, 4) is 0 Å². The van der Waals surface area contributed by atoms with Gasteiger partial charge in [0, 0.05) is 12.5 Å². The van der Waals surface area contributed by atoms with Gasteiger partial charge in [-0.25, -0.2) is 5.48 Å². The van der Waals surface area contributed by atoms with Crippen LogP contribution in [0.1, 0.15) is 47.0 Å². The van der Waals surface area contributed by atoms with Gasteiger partial charge in [-0.2, -0.15) is 0 Å². The zero-order valence-electron chi connectivity index (χ0n) is 10.5. The molecule has 1 unspecified atom stereocenters. The van der Waals surface area contributed by atoms with Crippen LogP contribution < -0.4 is 10.8 Å². The summed E-state index contributed by atoms with van der Waals surface area (Å²) in [6, 6.07) is -0.0199. The Bertz CT molecular complexity index is 256. The third-order valence-corrected chi connectivity index (χ3v) is 2.86. The van der Waals surface area contributed by atoms with E-state index in [4.69, 9.17) is 5.21 Å². The topological polar surface area (TPSA) is 78.4 Å². The molecule has 0 aromatic carbocycles. The highest BCUT2D eigenvalue weighted by Crippen LogP contribution is 2.35. The second-order valence-electron chi connectivity index (χ2n) is 3.92. The average Bonchev–Trinajstić information content (AvgIpc) is 2.29. The molecule has 2 atom stereocenters. The summed E-state index contributed by atoms with van der Waals surface area (Å²) in [5.74, 6) is -0.587. The fraction of sp³-hybridized carbons (Fsp3) is 0.818. The maximum Gasteiger partial charge on any atom is 0.250 e. The molecule has 0 bridgehead atoms. The molecule has 0 saturated carbocycles. The van der Waals surface area contributed by atoms with E-state index in [9.17, 15) is 9.59 Å². The molecule has 0 radical (unpaired) electrons. The second kappa shape index (κ2) is 6.48. The minimum Gasteiger partial charge on any atom is -0.354 e. The molecular formula is C11H22N2O3. The third-order valence-electron chi connectivity index (χ3n) is 2.86. The van der Waals surface area contributed by atoms with Gasteiger partial charge in [0.15, 0.2) is 0 Å². The van der Waals surface area contributed by atoms with E-state index in [0.29, 0.717) is 12.8 Å². The van der Waals surface area contributed by atoms with Gasteiger partial charge in [-0.05, 0) is 19.8 Å². The maximum atomic E-state index is 11.5. The predicted molar refractivity (Wildman–Crippen MR) is 60.8 cm³/mol. The highest BCUT2D eigenvalue weighted by atomic mass is 16.5.